The Labute approximate surface area is 139 Å². The third-order valence-corrected chi connectivity index (χ3v) is 4.81. The zero-order chi connectivity index (χ0) is 18.5. The molecule has 1 atom stereocenters. The van der Waals surface area contributed by atoms with Crippen LogP contribution < -0.4 is 10.6 Å². The maximum absolute atomic E-state index is 12.4. The van der Waals surface area contributed by atoms with Gasteiger partial charge in [-0.05, 0) is 31.2 Å². The van der Waals surface area contributed by atoms with Crippen molar-refractivity contribution < 1.29 is 27.9 Å². The Morgan fingerprint density at radius 3 is 2.21 bits per heavy atom. The lowest BCUT2D eigenvalue weighted by molar-refractivity contribution is -0.141. The van der Waals surface area contributed by atoms with E-state index in [1.54, 1.807) is 0 Å². The standard InChI is InChI=1S/C14H19N3O6S/c1-9(14(20)21)15-13(19)8-17(3)24(22,23)12-6-4-11(5-7-12)16-10(2)18/h4-7,9H,8H2,1-3H3,(H,15,19)(H,16,18)(H,20,21)/t9-/m1/s1. The minimum Gasteiger partial charge on any atom is -0.480 e. The number of hydrogen-bond acceptors (Lipinski definition) is 5. The molecule has 0 bridgehead atoms. The first-order valence-electron chi connectivity index (χ1n) is 6.90. The molecule has 0 fully saturated rings. The fourth-order valence-electron chi connectivity index (χ4n) is 1.73. The van der Waals surface area contributed by atoms with Crippen molar-refractivity contribution in [3.63, 3.8) is 0 Å². The first-order chi connectivity index (χ1) is 11.0. The molecule has 0 heterocycles. The lowest BCUT2D eigenvalue weighted by Gasteiger charge is -2.18. The van der Waals surface area contributed by atoms with Gasteiger partial charge in [0.15, 0.2) is 0 Å². The lowest BCUT2D eigenvalue weighted by Crippen LogP contribution is -2.44. The SMILES string of the molecule is CC(=O)Nc1ccc(S(=O)(=O)N(C)CC(=O)N[C@H](C)C(=O)O)cc1. The zero-order valence-corrected chi connectivity index (χ0v) is 14.3. The highest BCUT2D eigenvalue weighted by Gasteiger charge is 2.24. The number of anilines is 1. The van der Waals surface area contributed by atoms with Gasteiger partial charge < -0.3 is 15.7 Å². The van der Waals surface area contributed by atoms with E-state index in [0.717, 1.165) is 4.31 Å². The van der Waals surface area contributed by atoms with E-state index in [2.05, 4.69) is 10.6 Å². The Kier molecular flexibility index (Phi) is 6.43. The van der Waals surface area contributed by atoms with E-state index in [9.17, 15) is 22.8 Å². The van der Waals surface area contributed by atoms with Gasteiger partial charge in [-0.25, -0.2) is 8.42 Å². The number of hydrogen-bond donors (Lipinski definition) is 3. The summed E-state index contributed by atoms with van der Waals surface area (Å²) in [7, 11) is -2.71. The summed E-state index contributed by atoms with van der Waals surface area (Å²) in [6.07, 6.45) is 0. The molecule has 0 unspecified atom stereocenters. The molecule has 0 aromatic heterocycles. The van der Waals surface area contributed by atoms with Crippen LogP contribution in [-0.2, 0) is 24.4 Å². The molecule has 0 aliphatic heterocycles. The number of sulfonamides is 1. The number of rotatable bonds is 7. The molecular formula is C14H19N3O6S. The van der Waals surface area contributed by atoms with E-state index in [1.165, 1.54) is 45.2 Å². The molecule has 0 radical (unpaired) electrons. The molecule has 10 heteroatoms. The molecular weight excluding hydrogens is 338 g/mol. The molecule has 132 valence electrons. The summed E-state index contributed by atoms with van der Waals surface area (Å²) in [6.45, 7) is 2.08. The van der Waals surface area contributed by atoms with Crippen LogP contribution in [-0.4, -0.2) is 55.2 Å². The van der Waals surface area contributed by atoms with E-state index >= 15 is 0 Å². The highest BCUT2D eigenvalue weighted by atomic mass is 32.2. The van der Waals surface area contributed by atoms with Gasteiger partial charge in [0, 0.05) is 19.7 Å². The summed E-state index contributed by atoms with van der Waals surface area (Å²) in [5, 5.41) is 13.4. The molecule has 1 aromatic carbocycles. The maximum atomic E-state index is 12.4. The second-order valence-electron chi connectivity index (χ2n) is 5.09. The van der Waals surface area contributed by atoms with Gasteiger partial charge in [-0.2, -0.15) is 4.31 Å². The molecule has 1 rings (SSSR count). The molecule has 24 heavy (non-hydrogen) atoms. The van der Waals surface area contributed by atoms with E-state index in [-0.39, 0.29) is 10.8 Å². The number of carbonyl (C=O) groups is 3. The smallest absolute Gasteiger partial charge is 0.325 e. The van der Waals surface area contributed by atoms with Gasteiger partial charge in [0.05, 0.1) is 11.4 Å². The van der Waals surface area contributed by atoms with Crippen molar-refractivity contribution in [3.05, 3.63) is 24.3 Å². The Morgan fingerprint density at radius 1 is 1.21 bits per heavy atom. The maximum Gasteiger partial charge on any atom is 0.325 e. The van der Waals surface area contributed by atoms with Crippen LogP contribution in [0.5, 0.6) is 0 Å². The van der Waals surface area contributed by atoms with Crippen LogP contribution in [0.4, 0.5) is 5.69 Å². The fraction of sp³-hybridized carbons (Fsp3) is 0.357. The van der Waals surface area contributed by atoms with Crippen molar-refractivity contribution >= 4 is 33.5 Å². The summed E-state index contributed by atoms with van der Waals surface area (Å²) in [6, 6.07) is 4.33. The summed E-state index contributed by atoms with van der Waals surface area (Å²) in [5.74, 6) is -2.24. The first-order valence-corrected chi connectivity index (χ1v) is 8.34. The highest BCUT2D eigenvalue weighted by molar-refractivity contribution is 7.89. The van der Waals surface area contributed by atoms with Gasteiger partial charge in [-0.15, -0.1) is 0 Å². The van der Waals surface area contributed by atoms with Crippen LogP contribution in [0.1, 0.15) is 13.8 Å². The van der Waals surface area contributed by atoms with E-state index in [4.69, 9.17) is 5.11 Å². The topological polar surface area (TPSA) is 133 Å². The lowest BCUT2D eigenvalue weighted by atomic mass is 10.3. The van der Waals surface area contributed by atoms with Crippen molar-refractivity contribution in [1.82, 2.24) is 9.62 Å². The van der Waals surface area contributed by atoms with Crippen molar-refractivity contribution in [2.24, 2.45) is 0 Å². The van der Waals surface area contributed by atoms with Crippen molar-refractivity contribution in [1.29, 1.82) is 0 Å². The average molecular weight is 357 g/mol. The van der Waals surface area contributed by atoms with Crippen molar-refractivity contribution in [2.75, 3.05) is 18.9 Å². The van der Waals surface area contributed by atoms with Crippen molar-refractivity contribution in [2.45, 2.75) is 24.8 Å². The normalized spacial score (nSPS) is 12.5. The third kappa shape index (κ3) is 5.32. The van der Waals surface area contributed by atoms with Gasteiger partial charge >= 0.3 is 5.97 Å². The predicted octanol–water partition coefficient (Wildman–Crippen LogP) is -0.145. The molecule has 3 N–H and O–H groups in total. The molecule has 9 nitrogen and oxygen atoms in total. The largest absolute Gasteiger partial charge is 0.480 e. The van der Waals surface area contributed by atoms with Crippen LogP contribution in [0.3, 0.4) is 0 Å². The second-order valence-corrected chi connectivity index (χ2v) is 7.14. The number of likely N-dealkylation sites (N-methyl/N-ethyl adjacent to an activating group) is 1. The summed E-state index contributed by atoms with van der Waals surface area (Å²) in [4.78, 5) is 33.2. The number of benzene rings is 1. The number of nitrogens with zero attached hydrogens (tertiary/aromatic N) is 1. The number of carboxylic acids is 1. The van der Waals surface area contributed by atoms with Crippen LogP contribution in [0.25, 0.3) is 0 Å². The Hall–Kier alpha value is -2.46. The summed E-state index contributed by atoms with van der Waals surface area (Å²) >= 11 is 0. The van der Waals surface area contributed by atoms with Gasteiger partial charge in [0.1, 0.15) is 6.04 Å². The number of carbonyl (C=O) groups excluding carboxylic acids is 2. The zero-order valence-electron chi connectivity index (χ0n) is 13.4. The summed E-state index contributed by atoms with van der Waals surface area (Å²) < 4.78 is 25.5. The number of aliphatic carboxylic acids is 1. The number of amides is 2. The Balaban J connectivity index is 2.81. The quantitative estimate of drug-likeness (QED) is 0.622. The van der Waals surface area contributed by atoms with Gasteiger partial charge in [-0.3, -0.25) is 14.4 Å². The third-order valence-electron chi connectivity index (χ3n) is 3.00. The molecule has 0 spiro atoms. The Bertz CT molecular complexity index is 729. The van der Waals surface area contributed by atoms with Gasteiger partial charge in [0.25, 0.3) is 0 Å². The molecule has 1 aromatic rings. The second kappa shape index (κ2) is 7.88. The molecule has 0 saturated carbocycles. The van der Waals surface area contributed by atoms with Crippen LogP contribution >= 0.6 is 0 Å². The van der Waals surface area contributed by atoms with Crippen molar-refractivity contribution in [3.8, 4) is 0 Å². The Morgan fingerprint density at radius 2 is 1.75 bits per heavy atom. The number of carboxylic acid groups (broad SMARTS) is 1. The van der Waals surface area contributed by atoms with Crippen LogP contribution in [0.2, 0.25) is 0 Å². The van der Waals surface area contributed by atoms with Gasteiger partial charge in [0.2, 0.25) is 21.8 Å². The van der Waals surface area contributed by atoms with Crippen LogP contribution in [0.15, 0.2) is 29.2 Å². The molecule has 0 saturated heterocycles. The first kappa shape index (κ1) is 19.6. The molecule has 2 amide bonds. The molecule has 0 aliphatic carbocycles. The number of nitrogens with one attached hydrogen (secondary N) is 2. The van der Waals surface area contributed by atoms with Crippen LogP contribution in [0, 0.1) is 0 Å². The highest BCUT2D eigenvalue weighted by Crippen LogP contribution is 2.17. The van der Waals surface area contributed by atoms with E-state index < -0.39 is 34.5 Å². The van der Waals surface area contributed by atoms with E-state index in [0.29, 0.717) is 5.69 Å². The minimum atomic E-state index is -3.92. The average Bonchev–Trinajstić information content (AvgIpc) is 2.46. The summed E-state index contributed by atoms with van der Waals surface area (Å²) in [5.41, 5.74) is 0.442. The van der Waals surface area contributed by atoms with E-state index in [1.807, 2.05) is 0 Å². The van der Waals surface area contributed by atoms with Gasteiger partial charge in [-0.1, -0.05) is 0 Å². The minimum absolute atomic E-state index is 0.0572. The fourth-order valence-corrected chi connectivity index (χ4v) is 2.86. The molecule has 0 aliphatic rings. The monoisotopic (exact) mass is 357 g/mol. The predicted molar refractivity (Wildman–Crippen MR) is 85.8 cm³/mol.